The van der Waals surface area contributed by atoms with Gasteiger partial charge in [0.2, 0.25) is 0 Å². The van der Waals surface area contributed by atoms with Crippen LogP contribution in [0.3, 0.4) is 0 Å². The molecule has 0 aromatic carbocycles. The molecule has 1 nitrogen and oxygen atoms in total. The topological polar surface area (TPSA) is 17.1 Å². The van der Waals surface area contributed by atoms with Crippen LogP contribution in [-0.4, -0.2) is 6.29 Å². The Bertz CT molecular complexity index is 138. The Labute approximate surface area is 82.2 Å². The van der Waals surface area contributed by atoms with Gasteiger partial charge in [0.25, 0.3) is 0 Å². The van der Waals surface area contributed by atoms with Crippen molar-refractivity contribution in [3.63, 3.8) is 0 Å². The fourth-order valence-electron chi connectivity index (χ4n) is 1.50. The zero-order valence-corrected chi connectivity index (χ0v) is 8.96. The summed E-state index contributed by atoms with van der Waals surface area (Å²) in [5.74, 6) is 0.780. The van der Waals surface area contributed by atoms with Crippen LogP contribution in [0.1, 0.15) is 52.4 Å². The molecule has 0 aromatic rings. The zero-order valence-electron chi connectivity index (χ0n) is 8.96. The maximum Gasteiger partial charge on any atom is 0.142 e. The molecular formula is C12H22O. The van der Waals surface area contributed by atoms with E-state index in [1.165, 1.54) is 32.1 Å². The van der Waals surface area contributed by atoms with E-state index in [4.69, 9.17) is 0 Å². The summed E-state index contributed by atoms with van der Waals surface area (Å²) >= 11 is 0. The summed E-state index contributed by atoms with van der Waals surface area (Å²) in [7, 11) is 0. The zero-order chi connectivity index (χ0) is 9.94. The van der Waals surface area contributed by atoms with Crippen molar-refractivity contribution >= 4 is 6.29 Å². The van der Waals surface area contributed by atoms with E-state index in [0.29, 0.717) is 0 Å². The molecule has 0 fully saturated rings. The summed E-state index contributed by atoms with van der Waals surface area (Å²) in [4.78, 5) is 10.0. The van der Waals surface area contributed by atoms with Crippen LogP contribution >= 0.6 is 0 Å². The SMILES string of the molecule is CCCCC[C@@H](CC)C/C=C/C=O. The lowest BCUT2D eigenvalue weighted by atomic mass is 9.95. The molecule has 1 atom stereocenters. The minimum Gasteiger partial charge on any atom is -0.299 e. The lowest BCUT2D eigenvalue weighted by Gasteiger charge is -2.11. The van der Waals surface area contributed by atoms with Gasteiger partial charge in [0.05, 0.1) is 0 Å². The Morgan fingerprint density at radius 1 is 1.23 bits per heavy atom. The fourth-order valence-corrected chi connectivity index (χ4v) is 1.50. The normalized spacial score (nSPS) is 13.4. The number of allylic oxidation sites excluding steroid dienone is 2. The number of hydrogen-bond acceptors (Lipinski definition) is 1. The molecule has 0 heterocycles. The molecule has 0 aliphatic rings. The maximum absolute atomic E-state index is 10.0. The fraction of sp³-hybridized carbons (Fsp3) is 0.750. The summed E-state index contributed by atoms with van der Waals surface area (Å²) in [5, 5.41) is 0. The Kier molecular flexibility index (Phi) is 9.07. The molecule has 0 N–H and O–H groups in total. The average Bonchev–Trinajstić information content (AvgIpc) is 2.16. The lowest BCUT2D eigenvalue weighted by molar-refractivity contribution is -0.104. The number of rotatable bonds is 8. The van der Waals surface area contributed by atoms with Gasteiger partial charge in [-0.1, -0.05) is 52.0 Å². The second kappa shape index (κ2) is 9.50. The van der Waals surface area contributed by atoms with Gasteiger partial charge in [-0.15, -0.1) is 0 Å². The Hall–Kier alpha value is -0.590. The van der Waals surface area contributed by atoms with E-state index in [1.807, 2.05) is 6.08 Å². The molecule has 0 amide bonds. The van der Waals surface area contributed by atoms with E-state index in [9.17, 15) is 4.79 Å². The van der Waals surface area contributed by atoms with Gasteiger partial charge in [0.15, 0.2) is 0 Å². The van der Waals surface area contributed by atoms with Crippen LogP contribution in [0.25, 0.3) is 0 Å². The molecular weight excluding hydrogens is 160 g/mol. The first-order valence-corrected chi connectivity index (χ1v) is 5.45. The van der Waals surface area contributed by atoms with E-state index >= 15 is 0 Å². The quantitative estimate of drug-likeness (QED) is 0.317. The van der Waals surface area contributed by atoms with Crippen LogP contribution in [0.15, 0.2) is 12.2 Å². The minimum absolute atomic E-state index is 0.780. The summed E-state index contributed by atoms with van der Waals surface area (Å²) in [6.45, 7) is 4.46. The van der Waals surface area contributed by atoms with Crippen molar-refractivity contribution < 1.29 is 4.79 Å². The van der Waals surface area contributed by atoms with Crippen molar-refractivity contribution in [2.24, 2.45) is 5.92 Å². The standard InChI is InChI=1S/C12H22O/c1-3-5-6-9-12(4-2)10-7-8-11-13/h7-8,11-12H,3-6,9-10H2,1-2H3/b8-7+/t12-/m1/s1. The molecule has 0 saturated carbocycles. The second-order valence-corrected chi connectivity index (χ2v) is 3.57. The molecule has 13 heavy (non-hydrogen) atoms. The average molecular weight is 182 g/mol. The molecule has 0 unspecified atom stereocenters. The molecule has 0 aliphatic heterocycles. The van der Waals surface area contributed by atoms with Crippen LogP contribution < -0.4 is 0 Å². The monoisotopic (exact) mass is 182 g/mol. The number of unbranched alkanes of at least 4 members (excludes halogenated alkanes) is 2. The smallest absolute Gasteiger partial charge is 0.142 e. The molecule has 0 aromatic heterocycles. The second-order valence-electron chi connectivity index (χ2n) is 3.57. The highest BCUT2D eigenvalue weighted by atomic mass is 16.1. The predicted molar refractivity (Wildman–Crippen MR) is 57.7 cm³/mol. The van der Waals surface area contributed by atoms with Crippen LogP contribution in [-0.2, 0) is 4.79 Å². The molecule has 0 spiro atoms. The van der Waals surface area contributed by atoms with E-state index in [0.717, 1.165) is 18.6 Å². The highest BCUT2D eigenvalue weighted by molar-refractivity contribution is 5.64. The van der Waals surface area contributed by atoms with Crippen molar-refractivity contribution in [1.82, 2.24) is 0 Å². The molecule has 0 rings (SSSR count). The van der Waals surface area contributed by atoms with Crippen LogP contribution in [0.2, 0.25) is 0 Å². The van der Waals surface area contributed by atoms with Gasteiger partial charge in [-0.3, -0.25) is 4.79 Å². The van der Waals surface area contributed by atoms with E-state index < -0.39 is 0 Å². The van der Waals surface area contributed by atoms with Crippen molar-refractivity contribution in [1.29, 1.82) is 0 Å². The van der Waals surface area contributed by atoms with Gasteiger partial charge < -0.3 is 0 Å². The van der Waals surface area contributed by atoms with Gasteiger partial charge in [-0.25, -0.2) is 0 Å². The summed E-state index contributed by atoms with van der Waals surface area (Å²) < 4.78 is 0. The minimum atomic E-state index is 0.780. The van der Waals surface area contributed by atoms with E-state index in [1.54, 1.807) is 6.08 Å². The van der Waals surface area contributed by atoms with Crippen LogP contribution in [0, 0.1) is 5.92 Å². The van der Waals surface area contributed by atoms with Gasteiger partial charge in [-0.2, -0.15) is 0 Å². The third kappa shape index (κ3) is 7.76. The van der Waals surface area contributed by atoms with E-state index in [-0.39, 0.29) is 0 Å². The Morgan fingerprint density at radius 3 is 2.54 bits per heavy atom. The third-order valence-electron chi connectivity index (χ3n) is 2.48. The molecule has 0 radical (unpaired) electrons. The molecule has 76 valence electrons. The van der Waals surface area contributed by atoms with Crippen molar-refractivity contribution in [3.05, 3.63) is 12.2 Å². The molecule has 1 heteroatoms. The number of carbonyl (C=O) groups is 1. The lowest BCUT2D eigenvalue weighted by Crippen LogP contribution is -1.96. The summed E-state index contributed by atoms with van der Waals surface area (Å²) in [6.07, 6.45) is 12.0. The first-order chi connectivity index (χ1) is 6.35. The van der Waals surface area contributed by atoms with Gasteiger partial charge >= 0.3 is 0 Å². The first-order valence-electron chi connectivity index (χ1n) is 5.45. The van der Waals surface area contributed by atoms with Crippen molar-refractivity contribution in [3.8, 4) is 0 Å². The highest BCUT2D eigenvalue weighted by Gasteiger charge is 2.02. The van der Waals surface area contributed by atoms with Gasteiger partial charge in [0.1, 0.15) is 6.29 Å². The summed E-state index contributed by atoms with van der Waals surface area (Å²) in [6, 6.07) is 0. The third-order valence-corrected chi connectivity index (χ3v) is 2.48. The molecule has 0 bridgehead atoms. The number of carbonyl (C=O) groups excluding carboxylic acids is 1. The van der Waals surface area contributed by atoms with Crippen molar-refractivity contribution in [2.45, 2.75) is 52.4 Å². The Morgan fingerprint density at radius 2 is 2.00 bits per heavy atom. The van der Waals surface area contributed by atoms with Crippen LogP contribution in [0.5, 0.6) is 0 Å². The largest absolute Gasteiger partial charge is 0.299 e. The van der Waals surface area contributed by atoms with Crippen LogP contribution in [0.4, 0.5) is 0 Å². The first kappa shape index (κ1) is 12.4. The predicted octanol–water partition coefficient (Wildman–Crippen LogP) is 3.74. The molecule has 0 aliphatic carbocycles. The van der Waals surface area contributed by atoms with Gasteiger partial charge in [-0.05, 0) is 18.4 Å². The number of hydrogen-bond donors (Lipinski definition) is 0. The van der Waals surface area contributed by atoms with Gasteiger partial charge in [0, 0.05) is 0 Å². The highest BCUT2D eigenvalue weighted by Crippen LogP contribution is 2.17. The number of aldehydes is 1. The maximum atomic E-state index is 10.0. The van der Waals surface area contributed by atoms with Crippen molar-refractivity contribution in [2.75, 3.05) is 0 Å². The Balaban J connectivity index is 3.50. The summed E-state index contributed by atoms with van der Waals surface area (Å²) in [5.41, 5.74) is 0. The van der Waals surface area contributed by atoms with E-state index in [2.05, 4.69) is 13.8 Å². The molecule has 0 saturated heterocycles.